The molecule has 112 valence electrons. The van der Waals surface area contributed by atoms with Crippen LogP contribution in [-0.4, -0.2) is 39.3 Å². The average molecular weight is 301 g/mol. The van der Waals surface area contributed by atoms with Crippen LogP contribution in [0, 0.1) is 0 Å². The van der Waals surface area contributed by atoms with E-state index in [9.17, 15) is 13.2 Å². The fraction of sp³-hybridized carbons (Fsp3) is 0.462. The van der Waals surface area contributed by atoms with E-state index in [1.165, 1.54) is 24.3 Å². The maximum atomic E-state index is 11.9. The molecule has 0 heterocycles. The Morgan fingerprint density at radius 2 is 1.95 bits per heavy atom. The van der Waals surface area contributed by atoms with E-state index in [0.717, 1.165) is 0 Å². The van der Waals surface area contributed by atoms with Crippen molar-refractivity contribution in [2.45, 2.75) is 24.7 Å². The fourth-order valence-corrected chi connectivity index (χ4v) is 2.64. The summed E-state index contributed by atoms with van der Waals surface area (Å²) in [6, 6.07) is 5.82. The van der Waals surface area contributed by atoms with Crippen molar-refractivity contribution >= 4 is 16.0 Å². The van der Waals surface area contributed by atoms with Gasteiger partial charge in [0.15, 0.2) is 0 Å². The van der Waals surface area contributed by atoms with Crippen molar-refractivity contribution in [1.82, 2.24) is 4.72 Å². The van der Waals surface area contributed by atoms with Gasteiger partial charge in [0.1, 0.15) is 0 Å². The summed E-state index contributed by atoms with van der Waals surface area (Å²) in [7, 11) is -3.55. The van der Waals surface area contributed by atoms with Crippen molar-refractivity contribution in [3.63, 3.8) is 0 Å². The standard InChI is InChI=1S/C13H19NO5S/c1-2-19-9-3-8-14-20(17,18)12-6-4-11(5-7-12)10-13(15)16/h4-7,14H,2-3,8-10H2,1H3,(H,15,16). The molecular weight excluding hydrogens is 282 g/mol. The largest absolute Gasteiger partial charge is 0.481 e. The monoisotopic (exact) mass is 301 g/mol. The Morgan fingerprint density at radius 3 is 2.50 bits per heavy atom. The first kappa shape index (κ1) is 16.6. The molecule has 0 aliphatic heterocycles. The number of benzene rings is 1. The van der Waals surface area contributed by atoms with Gasteiger partial charge in [0.25, 0.3) is 0 Å². The van der Waals surface area contributed by atoms with E-state index in [2.05, 4.69) is 4.72 Å². The van der Waals surface area contributed by atoms with E-state index >= 15 is 0 Å². The van der Waals surface area contributed by atoms with Crippen LogP contribution in [-0.2, 0) is 26.0 Å². The molecule has 1 aromatic rings. The number of ether oxygens (including phenoxy) is 1. The summed E-state index contributed by atoms with van der Waals surface area (Å²) in [5, 5.41) is 8.64. The van der Waals surface area contributed by atoms with Crippen LogP contribution in [0.15, 0.2) is 29.2 Å². The van der Waals surface area contributed by atoms with E-state index in [1.54, 1.807) is 0 Å². The molecule has 0 spiro atoms. The second-order valence-electron chi connectivity index (χ2n) is 4.16. The molecular formula is C13H19NO5S. The molecule has 0 unspecified atom stereocenters. The van der Waals surface area contributed by atoms with Gasteiger partial charge in [0.05, 0.1) is 11.3 Å². The summed E-state index contributed by atoms with van der Waals surface area (Å²) in [6.07, 6.45) is 0.478. The fourth-order valence-electron chi connectivity index (χ4n) is 1.57. The molecule has 7 heteroatoms. The SMILES string of the molecule is CCOCCCNS(=O)(=O)c1ccc(CC(=O)O)cc1. The Bertz CT molecular complexity index is 524. The van der Waals surface area contributed by atoms with Crippen LogP contribution in [0.5, 0.6) is 0 Å². The smallest absolute Gasteiger partial charge is 0.307 e. The first-order valence-electron chi connectivity index (χ1n) is 6.34. The van der Waals surface area contributed by atoms with Crippen molar-refractivity contribution in [1.29, 1.82) is 0 Å². The van der Waals surface area contributed by atoms with Crippen molar-refractivity contribution in [3.8, 4) is 0 Å². The number of aliphatic carboxylic acids is 1. The summed E-state index contributed by atoms with van der Waals surface area (Å²) in [4.78, 5) is 10.7. The van der Waals surface area contributed by atoms with Gasteiger partial charge in [-0.1, -0.05) is 12.1 Å². The van der Waals surface area contributed by atoms with Gasteiger partial charge in [-0.15, -0.1) is 0 Å². The number of hydrogen-bond donors (Lipinski definition) is 2. The van der Waals surface area contributed by atoms with Crippen molar-refractivity contribution in [2.24, 2.45) is 0 Å². The maximum absolute atomic E-state index is 11.9. The molecule has 0 aliphatic carbocycles. The van der Waals surface area contributed by atoms with Crippen LogP contribution in [0.2, 0.25) is 0 Å². The summed E-state index contributed by atoms with van der Waals surface area (Å²) in [5.74, 6) is -0.949. The molecule has 0 aromatic heterocycles. The normalized spacial score (nSPS) is 11.4. The Kier molecular flexibility index (Phi) is 6.63. The highest BCUT2D eigenvalue weighted by Gasteiger charge is 2.13. The van der Waals surface area contributed by atoms with Gasteiger partial charge in [-0.3, -0.25) is 4.79 Å². The number of nitrogens with one attached hydrogen (secondary N) is 1. The van der Waals surface area contributed by atoms with Gasteiger partial charge in [0, 0.05) is 19.8 Å². The van der Waals surface area contributed by atoms with Crippen LogP contribution >= 0.6 is 0 Å². The predicted molar refractivity (Wildman–Crippen MR) is 74.1 cm³/mol. The van der Waals surface area contributed by atoms with E-state index in [4.69, 9.17) is 9.84 Å². The van der Waals surface area contributed by atoms with Crippen molar-refractivity contribution in [2.75, 3.05) is 19.8 Å². The summed E-state index contributed by atoms with van der Waals surface area (Å²) in [5.41, 5.74) is 0.563. The van der Waals surface area contributed by atoms with Crippen molar-refractivity contribution in [3.05, 3.63) is 29.8 Å². The highest BCUT2D eigenvalue weighted by atomic mass is 32.2. The van der Waals surface area contributed by atoms with Gasteiger partial charge in [-0.05, 0) is 31.0 Å². The number of carbonyl (C=O) groups is 1. The van der Waals surface area contributed by atoms with E-state index in [-0.39, 0.29) is 11.3 Å². The lowest BCUT2D eigenvalue weighted by molar-refractivity contribution is -0.136. The molecule has 1 rings (SSSR count). The molecule has 1 aromatic carbocycles. The molecule has 0 fully saturated rings. The zero-order valence-corrected chi connectivity index (χ0v) is 12.1. The van der Waals surface area contributed by atoms with Gasteiger partial charge < -0.3 is 9.84 Å². The Balaban J connectivity index is 2.56. The summed E-state index contributed by atoms with van der Waals surface area (Å²) < 4.78 is 31.4. The van der Waals surface area contributed by atoms with Crippen molar-refractivity contribution < 1.29 is 23.1 Å². The third-order valence-corrected chi connectivity index (χ3v) is 4.03. The topological polar surface area (TPSA) is 92.7 Å². The molecule has 20 heavy (non-hydrogen) atoms. The molecule has 0 aliphatic rings. The lowest BCUT2D eigenvalue weighted by Crippen LogP contribution is -2.25. The zero-order valence-electron chi connectivity index (χ0n) is 11.3. The molecule has 0 atom stereocenters. The second-order valence-corrected chi connectivity index (χ2v) is 5.93. The highest BCUT2D eigenvalue weighted by molar-refractivity contribution is 7.89. The zero-order chi connectivity index (χ0) is 15.0. The predicted octanol–water partition coefficient (Wildman–Crippen LogP) is 1.02. The minimum absolute atomic E-state index is 0.123. The Morgan fingerprint density at radius 1 is 1.30 bits per heavy atom. The third-order valence-electron chi connectivity index (χ3n) is 2.55. The third kappa shape index (κ3) is 5.68. The number of rotatable bonds is 9. The van der Waals surface area contributed by atoms with Gasteiger partial charge in [0.2, 0.25) is 10.0 Å². The molecule has 0 radical (unpaired) electrons. The van der Waals surface area contributed by atoms with E-state index < -0.39 is 16.0 Å². The molecule has 0 amide bonds. The molecule has 6 nitrogen and oxygen atoms in total. The van der Waals surface area contributed by atoms with Gasteiger partial charge in [-0.25, -0.2) is 13.1 Å². The van der Waals surface area contributed by atoms with Gasteiger partial charge in [-0.2, -0.15) is 0 Å². The molecule has 2 N–H and O–H groups in total. The minimum Gasteiger partial charge on any atom is -0.481 e. The first-order valence-corrected chi connectivity index (χ1v) is 7.82. The van der Waals surface area contributed by atoms with Crippen LogP contribution in [0.4, 0.5) is 0 Å². The number of carboxylic acids is 1. The maximum Gasteiger partial charge on any atom is 0.307 e. The summed E-state index contributed by atoms with van der Waals surface area (Å²) >= 11 is 0. The van der Waals surface area contributed by atoms with Crippen LogP contribution < -0.4 is 4.72 Å². The van der Waals surface area contributed by atoms with Crippen LogP contribution in [0.3, 0.4) is 0 Å². The number of sulfonamides is 1. The first-order chi connectivity index (χ1) is 9.45. The molecule has 0 saturated carbocycles. The Labute approximate surface area is 118 Å². The second kappa shape index (κ2) is 7.98. The summed E-state index contributed by atoms with van der Waals surface area (Å²) in [6.45, 7) is 3.30. The quantitative estimate of drug-likeness (QED) is 0.664. The Hall–Kier alpha value is -1.44. The minimum atomic E-state index is -3.55. The lowest BCUT2D eigenvalue weighted by Gasteiger charge is -2.07. The van der Waals surface area contributed by atoms with E-state index in [0.29, 0.717) is 31.7 Å². The molecule has 0 saturated heterocycles. The molecule has 0 bridgehead atoms. The van der Waals surface area contributed by atoms with Crippen LogP contribution in [0.25, 0.3) is 0 Å². The van der Waals surface area contributed by atoms with Crippen LogP contribution in [0.1, 0.15) is 18.9 Å². The number of hydrogen-bond acceptors (Lipinski definition) is 4. The number of carboxylic acid groups (broad SMARTS) is 1. The average Bonchev–Trinajstić information content (AvgIpc) is 2.38. The lowest BCUT2D eigenvalue weighted by atomic mass is 10.2. The highest BCUT2D eigenvalue weighted by Crippen LogP contribution is 2.11. The van der Waals surface area contributed by atoms with Gasteiger partial charge >= 0.3 is 5.97 Å². The van der Waals surface area contributed by atoms with E-state index in [1.807, 2.05) is 6.92 Å².